The van der Waals surface area contributed by atoms with E-state index in [2.05, 4.69) is 22.7 Å². The molecule has 1 aromatic rings. The number of rotatable bonds is 4. The van der Waals surface area contributed by atoms with Crippen molar-refractivity contribution in [1.29, 1.82) is 0 Å². The van der Waals surface area contributed by atoms with Gasteiger partial charge in [0.1, 0.15) is 0 Å². The lowest BCUT2D eigenvalue weighted by Gasteiger charge is -2.24. The maximum atomic E-state index is 12.7. The maximum Gasteiger partial charge on any atom is 0.416 e. The normalized spacial score (nSPS) is 15.8. The molecule has 0 aromatic heterocycles. The summed E-state index contributed by atoms with van der Waals surface area (Å²) in [6.07, 6.45) is 1.41. The maximum absolute atomic E-state index is 12.7. The fraction of sp³-hybridized carbons (Fsp3) is 0.438. The fourth-order valence-corrected chi connectivity index (χ4v) is 2.77. The van der Waals surface area contributed by atoms with Crippen molar-refractivity contribution < 1.29 is 13.2 Å². The van der Waals surface area contributed by atoms with Gasteiger partial charge in [-0.1, -0.05) is 38.0 Å². The zero-order valence-electron chi connectivity index (χ0n) is 12.7. The standard InChI is InChI=1S/C16H20F3N3S/c1-11(12-6-5-7-13(10-12)16(17,18)19)21-22-15(23)20-14-8-3-2-4-9-14/h5-7,10,14,21H,1-4,8-9H2,(H2,20,22,23). The van der Waals surface area contributed by atoms with Gasteiger partial charge in [0.2, 0.25) is 0 Å². The lowest BCUT2D eigenvalue weighted by molar-refractivity contribution is -0.137. The van der Waals surface area contributed by atoms with Gasteiger partial charge in [0, 0.05) is 6.04 Å². The highest BCUT2D eigenvalue weighted by Crippen LogP contribution is 2.30. The predicted octanol–water partition coefficient (Wildman–Crippen LogP) is 3.98. The van der Waals surface area contributed by atoms with Crippen molar-refractivity contribution in [2.75, 3.05) is 0 Å². The van der Waals surface area contributed by atoms with E-state index < -0.39 is 11.7 Å². The van der Waals surface area contributed by atoms with Gasteiger partial charge in [0.05, 0.1) is 11.3 Å². The second-order valence-corrected chi connectivity index (χ2v) is 6.02. The van der Waals surface area contributed by atoms with Gasteiger partial charge >= 0.3 is 6.18 Å². The van der Waals surface area contributed by atoms with Gasteiger partial charge in [-0.3, -0.25) is 10.9 Å². The van der Waals surface area contributed by atoms with Crippen LogP contribution in [0.4, 0.5) is 13.2 Å². The third-order valence-corrected chi connectivity index (χ3v) is 4.03. The molecule has 23 heavy (non-hydrogen) atoms. The van der Waals surface area contributed by atoms with Gasteiger partial charge < -0.3 is 5.32 Å². The Balaban J connectivity index is 1.85. The number of alkyl halides is 3. The van der Waals surface area contributed by atoms with Crippen LogP contribution in [0.15, 0.2) is 30.8 Å². The molecule has 0 aliphatic heterocycles. The summed E-state index contributed by atoms with van der Waals surface area (Å²) in [5.41, 5.74) is 5.50. The summed E-state index contributed by atoms with van der Waals surface area (Å²) in [7, 11) is 0. The van der Waals surface area contributed by atoms with Gasteiger partial charge in [-0.25, -0.2) is 0 Å². The highest BCUT2D eigenvalue weighted by molar-refractivity contribution is 7.80. The molecule has 0 radical (unpaired) electrons. The lowest BCUT2D eigenvalue weighted by Crippen LogP contribution is -2.47. The summed E-state index contributed by atoms with van der Waals surface area (Å²) >= 11 is 5.18. The summed E-state index contributed by atoms with van der Waals surface area (Å²) < 4.78 is 38.1. The Morgan fingerprint density at radius 3 is 2.48 bits per heavy atom. The second kappa shape index (κ2) is 7.68. The van der Waals surface area contributed by atoms with Crippen LogP contribution < -0.4 is 16.2 Å². The minimum atomic E-state index is -4.37. The molecular formula is C16H20F3N3S. The van der Waals surface area contributed by atoms with Crippen LogP contribution >= 0.6 is 12.2 Å². The molecule has 3 N–H and O–H groups in total. The quantitative estimate of drug-likeness (QED) is 0.571. The minimum absolute atomic E-state index is 0.323. The second-order valence-electron chi connectivity index (χ2n) is 5.62. The average molecular weight is 343 g/mol. The van der Waals surface area contributed by atoms with Gasteiger partial charge in [0.15, 0.2) is 5.11 Å². The summed E-state index contributed by atoms with van der Waals surface area (Å²) in [5.74, 6) is 0. The molecule has 1 saturated carbocycles. The Labute approximate surface area is 139 Å². The molecule has 0 heterocycles. The smallest absolute Gasteiger partial charge is 0.359 e. The van der Waals surface area contributed by atoms with Crippen molar-refractivity contribution >= 4 is 23.0 Å². The molecule has 1 aliphatic rings. The van der Waals surface area contributed by atoms with Crippen LogP contribution in [0.1, 0.15) is 43.2 Å². The summed E-state index contributed by atoms with van der Waals surface area (Å²) in [5, 5.41) is 3.62. The molecule has 2 rings (SSSR count). The van der Waals surface area contributed by atoms with Crippen molar-refractivity contribution in [2.24, 2.45) is 0 Å². The number of benzene rings is 1. The van der Waals surface area contributed by atoms with Gasteiger partial charge in [-0.05, 0) is 42.8 Å². The molecule has 1 aliphatic carbocycles. The number of thiocarbonyl (C=S) groups is 1. The molecule has 0 saturated heterocycles. The van der Waals surface area contributed by atoms with E-state index >= 15 is 0 Å². The SMILES string of the molecule is C=C(NNC(=S)NC1CCCCC1)c1cccc(C(F)(F)F)c1. The molecule has 0 amide bonds. The van der Waals surface area contributed by atoms with E-state index in [-0.39, 0.29) is 0 Å². The molecule has 0 atom stereocenters. The van der Waals surface area contributed by atoms with Crippen LogP contribution in [0.5, 0.6) is 0 Å². The minimum Gasteiger partial charge on any atom is -0.359 e. The zero-order valence-corrected chi connectivity index (χ0v) is 13.5. The number of hydrazine groups is 1. The van der Waals surface area contributed by atoms with Crippen molar-refractivity contribution in [3.05, 3.63) is 42.0 Å². The molecule has 7 heteroatoms. The fourth-order valence-electron chi connectivity index (χ4n) is 2.56. The van der Waals surface area contributed by atoms with Crippen LogP contribution in [0, 0.1) is 0 Å². The van der Waals surface area contributed by atoms with Crippen LogP contribution in [0.25, 0.3) is 5.70 Å². The molecule has 3 nitrogen and oxygen atoms in total. The first kappa shape index (κ1) is 17.6. The molecule has 1 aromatic carbocycles. The highest BCUT2D eigenvalue weighted by Gasteiger charge is 2.30. The molecular weight excluding hydrogens is 323 g/mol. The number of halogens is 3. The van der Waals surface area contributed by atoms with Crippen LogP contribution in [-0.4, -0.2) is 11.2 Å². The Bertz CT molecular complexity index is 566. The van der Waals surface area contributed by atoms with Crippen molar-refractivity contribution in [2.45, 2.75) is 44.3 Å². The Morgan fingerprint density at radius 1 is 1.13 bits per heavy atom. The summed E-state index contributed by atoms with van der Waals surface area (Å²) in [6.45, 7) is 3.74. The monoisotopic (exact) mass is 343 g/mol. The Kier molecular flexibility index (Phi) is 5.87. The van der Waals surface area contributed by atoms with E-state index in [4.69, 9.17) is 12.2 Å². The molecule has 0 unspecified atom stereocenters. The first-order valence-electron chi connectivity index (χ1n) is 7.55. The van der Waals surface area contributed by atoms with Crippen LogP contribution in [-0.2, 0) is 6.18 Å². The summed E-state index contributed by atoms with van der Waals surface area (Å²) in [4.78, 5) is 0. The molecule has 0 spiro atoms. The summed E-state index contributed by atoms with van der Waals surface area (Å²) in [6, 6.07) is 5.34. The third-order valence-electron chi connectivity index (χ3n) is 3.81. The van der Waals surface area contributed by atoms with E-state index in [1.807, 2.05) is 0 Å². The number of hydrogen-bond donors (Lipinski definition) is 3. The highest BCUT2D eigenvalue weighted by atomic mass is 32.1. The largest absolute Gasteiger partial charge is 0.416 e. The first-order chi connectivity index (χ1) is 10.9. The molecule has 126 valence electrons. The zero-order chi connectivity index (χ0) is 16.9. The van der Waals surface area contributed by atoms with Crippen LogP contribution in [0.2, 0.25) is 0 Å². The van der Waals surface area contributed by atoms with E-state index in [1.165, 1.54) is 25.3 Å². The Morgan fingerprint density at radius 2 is 1.83 bits per heavy atom. The number of hydrogen-bond acceptors (Lipinski definition) is 2. The lowest BCUT2D eigenvalue weighted by atomic mass is 9.96. The third kappa shape index (κ3) is 5.42. The Hall–Kier alpha value is -1.76. The average Bonchev–Trinajstić information content (AvgIpc) is 2.53. The van der Waals surface area contributed by atoms with Crippen LogP contribution in [0.3, 0.4) is 0 Å². The van der Waals surface area contributed by atoms with E-state index in [0.29, 0.717) is 22.4 Å². The van der Waals surface area contributed by atoms with Crippen molar-refractivity contribution in [3.63, 3.8) is 0 Å². The topological polar surface area (TPSA) is 36.1 Å². The van der Waals surface area contributed by atoms with E-state index in [9.17, 15) is 13.2 Å². The van der Waals surface area contributed by atoms with Gasteiger partial charge in [0.25, 0.3) is 0 Å². The number of nitrogens with one attached hydrogen (secondary N) is 3. The van der Waals surface area contributed by atoms with E-state index in [1.54, 1.807) is 6.07 Å². The van der Waals surface area contributed by atoms with Crippen molar-refractivity contribution in [3.8, 4) is 0 Å². The first-order valence-corrected chi connectivity index (χ1v) is 7.96. The molecule has 1 fully saturated rings. The van der Waals surface area contributed by atoms with E-state index in [0.717, 1.165) is 25.0 Å². The molecule has 0 bridgehead atoms. The van der Waals surface area contributed by atoms with Crippen molar-refractivity contribution in [1.82, 2.24) is 16.2 Å². The van der Waals surface area contributed by atoms with Gasteiger partial charge in [-0.15, -0.1) is 0 Å². The predicted molar refractivity (Wildman–Crippen MR) is 89.4 cm³/mol. The van der Waals surface area contributed by atoms with Gasteiger partial charge in [-0.2, -0.15) is 13.2 Å².